The molecule has 0 bridgehead atoms. The predicted octanol–water partition coefficient (Wildman–Crippen LogP) is 4.12. The average Bonchev–Trinajstić information content (AvgIpc) is 2.30. The lowest BCUT2D eigenvalue weighted by Gasteiger charge is -2.30. The van der Waals surface area contributed by atoms with Gasteiger partial charge in [-0.25, -0.2) is 0 Å². The molecule has 0 N–H and O–H groups in total. The molecule has 0 saturated heterocycles. The van der Waals surface area contributed by atoms with E-state index >= 15 is 0 Å². The van der Waals surface area contributed by atoms with Gasteiger partial charge >= 0.3 is 0 Å². The molecule has 1 aromatic carbocycles. The number of methoxy groups -OCH3 is 1. The molecule has 0 unspecified atom stereocenters. The SMILES string of the molecule is CO[C@H]1CCCC[C@@H]1c1ccc(Br)cc1. The Morgan fingerprint density at radius 1 is 1.13 bits per heavy atom. The van der Waals surface area contributed by atoms with Crippen LogP contribution < -0.4 is 0 Å². The molecule has 1 aromatic rings. The molecule has 2 rings (SSSR count). The van der Waals surface area contributed by atoms with E-state index in [1.165, 1.54) is 31.2 Å². The second kappa shape index (κ2) is 5.13. The number of ether oxygens (including phenoxy) is 1. The average molecular weight is 269 g/mol. The van der Waals surface area contributed by atoms with Crippen LogP contribution in [0.4, 0.5) is 0 Å². The number of benzene rings is 1. The van der Waals surface area contributed by atoms with Gasteiger partial charge in [-0.3, -0.25) is 0 Å². The topological polar surface area (TPSA) is 9.23 Å². The Hall–Kier alpha value is -0.340. The maximum atomic E-state index is 5.58. The van der Waals surface area contributed by atoms with E-state index < -0.39 is 0 Å². The van der Waals surface area contributed by atoms with Crippen LogP contribution in [0.15, 0.2) is 28.7 Å². The number of hydrogen-bond donors (Lipinski definition) is 0. The normalized spacial score (nSPS) is 26.5. The van der Waals surface area contributed by atoms with Gasteiger partial charge in [-0.15, -0.1) is 0 Å². The fraction of sp³-hybridized carbons (Fsp3) is 0.538. The number of hydrogen-bond acceptors (Lipinski definition) is 1. The molecule has 1 fully saturated rings. The third-order valence-corrected chi connectivity index (χ3v) is 3.83. The first-order valence-electron chi connectivity index (χ1n) is 5.59. The third-order valence-electron chi connectivity index (χ3n) is 3.30. The first-order valence-corrected chi connectivity index (χ1v) is 6.39. The summed E-state index contributed by atoms with van der Waals surface area (Å²) in [6.07, 6.45) is 5.53. The van der Waals surface area contributed by atoms with E-state index in [-0.39, 0.29) is 0 Å². The summed E-state index contributed by atoms with van der Waals surface area (Å²) in [7, 11) is 1.84. The standard InChI is InChI=1S/C13H17BrO/c1-15-13-5-3-2-4-12(13)10-6-8-11(14)9-7-10/h6-9,12-13H,2-5H2,1H3/t12-,13+/m1/s1. The minimum absolute atomic E-state index is 0.417. The minimum Gasteiger partial charge on any atom is -0.381 e. The van der Waals surface area contributed by atoms with Crippen LogP contribution in [-0.4, -0.2) is 13.2 Å². The Labute approximate surface area is 100.0 Å². The molecule has 0 amide bonds. The Morgan fingerprint density at radius 2 is 1.80 bits per heavy atom. The Morgan fingerprint density at radius 3 is 2.47 bits per heavy atom. The van der Waals surface area contributed by atoms with Gasteiger partial charge in [0.15, 0.2) is 0 Å². The van der Waals surface area contributed by atoms with E-state index in [0.717, 1.165) is 4.47 Å². The molecule has 0 heterocycles. The van der Waals surface area contributed by atoms with Gasteiger partial charge in [-0.2, -0.15) is 0 Å². The van der Waals surface area contributed by atoms with Crippen LogP contribution in [0.25, 0.3) is 0 Å². The summed E-state index contributed by atoms with van der Waals surface area (Å²) >= 11 is 3.47. The molecule has 0 aromatic heterocycles. The van der Waals surface area contributed by atoms with Crippen molar-refractivity contribution in [2.45, 2.75) is 37.7 Å². The number of rotatable bonds is 2. The van der Waals surface area contributed by atoms with Crippen LogP contribution in [0.3, 0.4) is 0 Å². The van der Waals surface area contributed by atoms with Gasteiger partial charge < -0.3 is 4.74 Å². The van der Waals surface area contributed by atoms with Gasteiger partial charge in [0.05, 0.1) is 6.10 Å². The lowest BCUT2D eigenvalue weighted by molar-refractivity contribution is 0.0523. The van der Waals surface area contributed by atoms with Gasteiger partial charge in [-0.1, -0.05) is 40.9 Å². The fourth-order valence-corrected chi connectivity index (χ4v) is 2.73. The van der Waals surface area contributed by atoms with E-state index in [4.69, 9.17) is 4.74 Å². The largest absolute Gasteiger partial charge is 0.381 e. The van der Waals surface area contributed by atoms with Gasteiger partial charge in [-0.05, 0) is 30.5 Å². The maximum Gasteiger partial charge on any atom is 0.0639 e. The summed E-state index contributed by atoms with van der Waals surface area (Å²) in [4.78, 5) is 0. The zero-order valence-corrected chi connectivity index (χ0v) is 10.7. The summed E-state index contributed by atoms with van der Waals surface area (Å²) in [6, 6.07) is 8.67. The minimum atomic E-state index is 0.417. The monoisotopic (exact) mass is 268 g/mol. The Bertz CT molecular complexity index is 307. The predicted molar refractivity (Wildman–Crippen MR) is 66.1 cm³/mol. The highest BCUT2D eigenvalue weighted by Crippen LogP contribution is 2.34. The van der Waals surface area contributed by atoms with Crippen LogP contribution in [-0.2, 0) is 4.74 Å². The summed E-state index contributed by atoms with van der Waals surface area (Å²) < 4.78 is 6.73. The van der Waals surface area contributed by atoms with Crippen molar-refractivity contribution in [3.63, 3.8) is 0 Å². The van der Waals surface area contributed by atoms with E-state index in [9.17, 15) is 0 Å². The van der Waals surface area contributed by atoms with Gasteiger partial charge in [0.2, 0.25) is 0 Å². The van der Waals surface area contributed by atoms with Crippen molar-refractivity contribution in [2.75, 3.05) is 7.11 Å². The quantitative estimate of drug-likeness (QED) is 0.784. The fourth-order valence-electron chi connectivity index (χ4n) is 2.47. The molecule has 0 aliphatic heterocycles. The third kappa shape index (κ3) is 2.61. The number of halogens is 1. The summed E-state index contributed by atoms with van der Waals surface area (Å²) in [5, 5.41) is 0. The second-order valence-corrected chi connectivity index (χ2v) is 5.13. The summed E-state index contributed by atoms with van der Waals surface area (Å²) in [5.41, 5.74) is 1.42. The highest BCUT2D eigenvalue weighted by atomic mass is 79.9. The van der Waals surface area contributed by atoms with E-state index in [2.05, 4.69) is 40.2 Å². The molecular weight excluding hydrogens is 252 g/mol. The van der Waals surface area contributed by atoms with E-state index in [1.807, 2.05) is 7.11 Å². The molecule has 2 atom stereocenters. The van der Waals surface area contributed by atoms with Crippen LogP contribution >= 0.6 is 15.9 Å². The smallest absolute Gasteiger partial charge is 0.0639 e. The van der Waals surface area contributed by atoms with Crippen LogP contribution in [0, 0.1) is 0 Å². The molecule has 0 radical (unpaired) electrons. The molecule has 1 nitrogen and oxygen atoms in total. The van der Waals surface area contributed by atoms with Gasteiger partial charge in [0.25, 0.3) is 0 Å². The van der Waals surface area contributed by atoms with Crippen molar-refractivity contribution in [2.24, 2.45) is 0 Å². The van der Waals surface area contributed by atoms with Crippen molar-refractivity contribution in [1.29, 1.82) is 0 Å². The van der Waals surface area contributed by atoms with Crippen molar-refractivity contribution in [3.05, 3.63) is 34.3 Å². The van der Waals surface area contributed by atoms with Crippen LogP contribution in [0.5, 0.6) is 0 Å². The zero-order valence-electron chi connectivity index (χ0n) is 9.08. The first kappa shape index (κ1) is 11.2. The summed E-state index contributed by atoms with van der Waals surface area (Å²) in [5.74, 6) is 0.594. The van der Waals surface area contributed by atoms with Crippen molar-refractivity contribution in [3.8, 4) is 0 Å². The van der Waals surface area contributed by atoms with Crippen LogP contribution in [0.1, 0.15) is 37.2 Å². The zero-order chi connectivity index (χ0) is 10.7. The molecular formula is C13H17BrO. The second-order valence-electron chi connectivity index (χ2n) is 4.22. The lowest BCUT2D eigenvalue weighted by atomic mass is 9.82. The van der Waals surface area contributed by atoms with Crippen LogP contribution in [0.2, 0.25) is 0 Å². The molecule has 15 heavy (non-hydrogen) atoms. The summed E-state index contributed by atoms with van der Waals surface area (Å²) in [6.45, 7) is 0. The van der Waals surface area contributed by atoms with Gasteiger partial charge in [0, 0.05) is 17.5 Å². The van der Waals surface area contributed by atoms with E-state index in [1.54, 1.807) is 0 Å². The first-order chi connectivity index (χ1) is 7.31. The Kier molecular flexibility index (Phi) is 3.81. The highest BCUT2D eigenvalue weighted by molar-refractivity contribution is 9.10. The molecule has 82 valence electrons. The molecule has 1 aliphatic carbocycles. The van der Waals surface area contributed by atoms with E-state index in [0.29, 0.717) is 12.0 Å². The molecule has 1 aliphatic rings. The molecule has 2 heteroatoms. The van der Waals surface area contributed by atoms with Crippen molar-refractivity contribution in [1.82, 2.24) is 0 Å². The highest BCUT2D eigenvalue weighted by Gasteiger charge is 2.25. The van der Waals surface area contributed by atoms with Gasteiger partial charge in [0.1, 0.15) is 0 Å². The van der Waals surface area contributed by atoms with Crippen molar-refractivity contribution >= 4 is 15.9 Å². The lowest BCUT2D eigenvalue weighted by Crippen LogP contribution is -2.24. The Balaban J connectivity index is 2.16. The van der Waals surface area contributed by atoms with Crippen molar-refractivity contribution < 1.29 is 4.74 Å². The maximum absolute atomic E-state index is 5.58. The molecule has 0 spiro atoms. The molecule has 1 saturated carbocycles.